The molecule has 1 aliphatic rings. The van der Waals surface area contributed by atoms with Crippen molar-refractivity contribution in [2.75, 3.05) is 39.8 Å². The molecule has 0 spiro atoms. The third kappa shape index (κ3) is 4.28. The van der Waals surface area contributed by atoms with Gasteiger partial charge in [-0.3, -0.25) is 14.4 Å². The first-order chi connectivity index (χ1) is 12.5. The van der Waals surface area contributed by atoms with Crippen LogP contribution in [0, 0.1) is 13.8 Å². The van der Waals surface area contributed by atoms with E-state index in [2.05, 4.69) is 25.5 Å². The first kappa shape index (κ1) is 18.9. The fraction of sp³-hybridized carbons (Fsp3) is 0.647. The Labute approximate surface area is 158 Å². The van der Waals surface area contributed by atoms with Crippen LogP contribution in [0.2, 0.25) is 0 Å². The van der Waals surface area contributed by atoms with Crippen LogP contribution in [0.4, 0.5) is 0 Å². The van der Waals surface area contributed by atoms with Crippen LogP contribution in [0.3, 0.4) is 0 Å². The molecule has 0 saturated carbocycles. The number of nitrogens with one attached hydrogen (secondary N) is 1. The van der Waals surface area contributed by atoms with Crippen molar-refractivity contribution in [2.24, 2.45) is 0 Å². The number of hydrogen-bond donors (Lipinski definition) is 1. The molecule has 0 radical (unpaired) electrons. The number of hydrogen-bond acceptors (Lipinski definition) is 7. The zero-order valence-corrected chi connectivity index (χ0v) is 16.7. The maximum absolute atomic E-state index is 12.8. The zero-order chi connectivity index (χ0) is 18.7. The Morgan fingerprint density at radius 2 is 2.08 bits per heavy atom. The Morgan fingerprint density at radius 3 is 2.73 bits per heavy atom. The minimum Gasteiger partial charge on any atom is -0.332 e. The number of carbonyl (C=O) groups excluding carboxylic acids is 1. The molecule has 0 aromatic carbocycles. The lowest BCUT2D eigenvalue weighted by atomic mass is 10.2. The van der Waals surface area contributed by atoms with Gasteiger partial charge in [-0.2, -0.15) is 0 Å². The maximum Gasteiger partial charge on any atom is 0.276 e. The zero-order valence-electron chi connectivity index (χ0n) is 15.9. The Bertz CT molecular complexity index is 750. The standard InChI is InChI=1S/C17H27N7OS/c1-12(16-13(2)26-14(3)19-16)22(4)17(25)15-11-24(21-20-15)10-9-23-7-5-18-6-8-23/h11-12,18H,5-10H2,1-4H3. The highest BCUT2D eigenvalue weighted by molar-refractivity contribution is 7.11. The summed E-state index contributed by atoms with van der Waals surface area (Å²) in [7, 11) is 1.79. The van der Waals surface area contributed by atoms with E-state index < -0.39 is 0 Å². The van der Waals surface area contributed by atoms with Gasteiger partial charge < -0.3 is 10.2 Å². The molecular formula is C17H27N7OS. The predicted octanol–water partition coefficient (Wildman–Crippen LogP) is 1.09. The SMILES string of the molecule is Cc1nc(C(C)N(C)C(=O)c2cn(CCN3CCNCC3)nn2)c(C)s1. The first-order valence-electron chi connectivity index (χ1n) is 9.00. The second-order valence-electron chi connectivity index (χ2n) is 6.72. The van der Waals surface area contributed by atoms with Gasteiger partial charge in [0, 0.05) is 44.6 Å². The number of rotatable bonds is 6. The lowest BCUT2D eigenvalue weighted by Crippen LogP contribution is -2.44. The molecule has 9 heteroatoms. The molecule has 3 heterocycles. The van der Waals surface area contributed by atoms with Crippen LogP contribution in [0.15, 0.2) is 6.20 Å². The molecule has 1 saturated heterocycles. The fourth-order valence-electron chi connectivity index (χ4n) is 3.16. The Hall–Kier alpha value is -1.84. The molecule has 1 amide bonds. The number of amides is 1. The second kappa shape index (κ2) is 8.24. The molecule has 1 aliphatic heterocycles. The smallest absolute Gasteiger partial charge is 0.276 e. The number of thiazole rings is 1. The van der Waals surface area contributed by atoms with Crippen LogP contribution in [0.1, 0.15) is 39.0 Å². The van der Waals surface area contributed by atoms with Gasteiger partial charge in [-0.05, 0) is 20.8 Å². The lowest BCUT2D eigenvalue weighted by Gasteiger charge is -2.26. The number of carbonyl (C=O) groups is 1. The van der Waals surface area contributed by atoms with Crippen LogP contribution in [-0.4, -0.2) is 75.5 Å². The summed E-state index contributed by atoms with van der Waals surface area (Å²) in [5.74, 6) is -0.129. The number of aromatic nitrogens is 4. The Balaban J connectivity index is 1.60. The fourth-order valence-corrected chi connectivity index (χ4v) is 4.06. The maximum atomic E-state index is 12.8. The molecule has 0 aliphatic carbocycles. The quantitative estimate of drug-likeness (QED) is 0.812. The van der Waals surface area contributed by atoms with Gasteiger partial charge in [0.1, 0.15) is 0 Å². The van der Waals surface area contributed by atoms with Crippen LogP contribution in [0.5, 0.6) is 0 Å². The summed E-state index contributed by atoms with van der Waals surface area (Å²) in [5, 5.41) is 12.6. The first-order valence-corrected chi connectivity index (χ1v) is 9.81. The van der Waals surface area contributed by atoms with E-state index in [1.807, 2.05) is 20.8 Å². The van der Waals surface area contributed by atoms with Crippen molar-refractivity contribution in [3.8, 4) is 0 Å². The van der Waals surface area contributed by atoms with Crippen molar-refractivity contribution in [2.45, 2.75) is 33.4 Å². The van der Waals surface area contributed by atoms with E-state index in [-0.39, 0.29) is 11.9 Å². The van der Waals surface area contributed by atoms with E-state index in [1.54, 1.807) is 34.2 Å². The molecule has 1 fully saturated rings. The van der Waals surface area contributed by atoms with Crippen LogP contribution in [-0.2, 0) is 6.54 Å². The second-order valence-corrected chi connectivity index (χ2v) is 8.13. The van der Waals surface area contributed by atoms with Gasteiger partial charge in [0.15, 0.2) is 5.69 Å². The highest BCUT2D eigenvalue weighted by atomic mass is 32.1. The van der Waals surface area contributed by atoms with Crippen molar-refractivity contribution in [3.05, 3.63) is 27.5 Å². The highest BCUT2D eigenvalue weighted by Crippen LogP contribution is 2.26. The van der Waals surface area contributed by atoms with Crippen LogP contribution >= 0.6 is 11.3 Å². The van der Waals surface area contributed by atoms with Gasteiger partial charge in [-0.25, -0.2) is 4.98 Å². The summed E-state index contributed by atoms with van der Waals surface area (Å²) in [6.45, 7) is 11.8. The third-order valence-corrected chi connectivity index (χ3v) is 5.75. The summed E-state index contributed by atoms with van der Waals surface area (Å²) in [5.41, 5.74) is 1.33. The number of aryl methyl sites for hydroxylation is 2. The predicted molar refractivity (Wildman–Crippen MR) is 101 cm³/mol. The van der Waals surface area contributed by atoms with Gasteiger partial charge in [0.25, 0.3) is 5.91 Å². The van der Waals surface area contributed by atoms with Crippen LogP contribution in [0.25, 0.3) is 0 Å². The molecule has 1 unspecified atom stereocenters. The topological polar surface area (TPSA) is 79.2 Å². The highest BCUT2D eigenvalue weighted by Gasteiger charge is 2.24. The van der Waals surface area contributed by atoms with Crippen molar-refractivity contribution in [1.29, 1.82) is 0 Å². The molecule has 2 aromatic rings. The monoisotopic (exact) mass is 377 g/mol. The van der Waals surface area contributed by atoms with E-state index in [0.29, 0.717) is 5.69 Å². The van der Waals surface area contributed by atoms with Crippen molar-refractivity contribution in [3.63, 3.8) is 0 Å². The molecule has 142 valence electrons. The summed E-state index contributed by atoms with van der Waals surface area (Å²) < 4.78 is 1.76. The van der Waals surface area contributed by atoms with Crippen LogP contribution < -0.4 is 5.32 Å². The normalized spacial score (nSPS) is 16.6. The number of nitrogens with zero attached hydrogens (tertiary/aromatic N) is 6. The minimum absolute atomic E-state index is 0.0987. The van der Waals surface area contributed by atoms with E-state index in [1.165, 1.54) is 0 Å². The van der Waals surface area contributed by atoms with Crippen molar-refractivity contribution in [1.82, 2.24) is 35.1 Å². The van der Waals surface area contributed by atoms with Crippen molar-refractivity contribution >= 4 is 17.2 Å². The molecule has 8 nitrogen and oxygen atoms in total. The summed E-state index contributed by atoms with van der Waals surface area (Å²) >= 11 is 1.66. The Kier molecular flexibility index (Phi) is 6.00. The van der Waals surface area contributed by atoms with Gasteiger partial charge in [-0.15, -0.1) is 16.4 Å². The lowest BCUT2D eigenvalue weighted by molar-refractivity contribution is 0.0733. The average Bonchev–Trinajstić information content (AvgIpc) is 3.25. The molecule has 26 heavy (non-hydrogen) atoms. The third-order valence-electron chi connectivity index (χ3n) is 4.85. The molecule has 0 bridgehead atoms. The van der Waals surface area contributed by atoms with E-state index >= 15 is 0 Å². The van der Waals surface area contributed by atoms with Gasteiger partial charge in [0.2, 0.25) is 0 Å². The van der Waals surface area contributed by atoms with E-state index in [4.69, 9.17) is 0 Å². The summed E-state index contributed by atoms with van der Waals surface area (Å²) in [6.07, 6.45) is 1.74. The average molecular weight is 378 g/mol. The van der Waals surface area contributed by atoms with E-state index in [9.17, 15) is 4.79 Å². The largest absolute Gasteiger partial charge is 0.332 e. The molecule has 3 rings (SSSR count). The summed E-state index contributed by atoms with van der Waals surface area (Å²) in [4.78, 5) is 22.6. The van der Waals surface area contributed by atoms with E-state index in [0.717, 1.165) is 54.8 Å². The Morgan fingerprint density at radius 1 is 1.35 bits per heavy atom. The molecule has 2 aromatic heterocycles. The minimum atomic E-state index is -0.129. The van der Waals surface area contributed by atoms with Gasteiger partial charge >= 0.3 is 0 Å². The van der Waals surface area contributed by atoms with Gasteiger partial charge in [0.05, 0.1) is 29.5 Å². The van der Waals surface area contributed by atoms with Crippen molar-refractivity contribution < 1.29 is 4.79 Å². The molecule has 1 N–H and O–H groups in total. The summed E-state index contributed by atoms with van der Waals surface area (Å²) in [6, 6.07) is -0.0987. The molecular weight excluding hydrogens is 350 g/mol. The number of piperazine rings is 1. The van der Waals surface area contributed by atoms with Gasteiger partial charge in [-0.1, -0.05) is 5.21 Å². The molecule has 1 atom stereocenters.